The van der Waals surface area contributed by atoms with E-state index < -0.39 is 5.60 Å². The number of methoxy groups -OCH3 is 1. The molecule has 5 rings (SSSR count). The molecule has 0 radical (unpaired) electrons. The molecule has 0 spiro atoms. The van der Waals surface area contributed by atoms with Crippen LogP contribution in [-0.2, 0) is 9.47 Å². The summed E-state index contributed by atoms with van der Waals surface area (Å²) < 4.78 is 11.0. The van der Waals surface area contributed by atoms with Gasteiger partial charge in [0.1, 0.15) is 17.0 Å². The van der Waals surface area contributed by atoms with Gasteiger partial charge in [-0.2, -0.15) is 4.98 Å². The molecule has 13 heteroatoms. The lowest BCUT2D eigenvalue weighted by molar-refractivity contribution is 0.00343. The average Bonchev–Trinajstić information content (AvgIpc) is 2.95. The highest BCUT2D eigenvalue weighted by molar-refractivity contribution is 6.40. The molecule has 0 bridgehead atoms. The summed E-state index contributed by atoms with van der Waals surface area (Å²) in [6.45, 7) is 8.03. The summed E-state index contributed by atoms with van der Waals surface area (Å²) in [5.41, 5.74) is 2.05. The van der Waals surface area contributed by atoms with Crippen molar-refractivity contribution in [3.8, 4) is 0 Å². The summed E-state index contributed by atoms with van der Waals surface area (Å²) in [4.78, 5) is 42.5. The highest BCUT2D eigenvalue weighted by Gasteiger charge is 2.34. The monoisotopic (exact) mass is 627 g/mol. The molecule has 11 nitrogen and oxygen atoms in total. The van der Waals surface area contributed by atoms with Crippen LogP contribution in [0.2, 0.25) is 10.0 Å². The number of carbonyl (C=O) groups is 2. The van der Waals surface area contributed by atoms with Crippen molar-refractivity contribution in [3.63, 3.8) is 0 Å². The highest BCUT2D eigenvalue weighted by Crippen LogP contribution is 2.37. The molecular weight excluding hydrogens is 593 g/mol. The number of rotatable bonds is 6. The van der Waals surface area contributed by atoms with Crippen LogP contribution in [-0.4, -0.2) is 85.6 Å². The van der Waals surface area contributed by atoms with Crippen molar-refractivity contribution in [2.45, 2.75) is 32.4 Å². The molecule has 3 aromatic rings. The molecular formula is C30H35Cl2N7O4. The Morgan fingerprint density at radius 3 is 2.44 bits per heavy atom. The van der Waals surface area contributed by atoms with Crippen LogP contribution < -0.4 is 20.0 Å². The first-order chi connectivity index (χ1) is 20.4. The van der Waals surface area contributed by atoms with Crippen LogP contribution >= 0.6 is 23.2 Å². The van der Waals surface area contributed by atoms with Crippen molar-refractivity contribution in [3.05, 3.63) is 64.3 Å². The van der Waals surface area contributed by atoms with Gasteiger partial charge in [-0.15, -0.1) is 0 Å². The minimum atomic E-state index is -0.563. The van der Waals surface area contributed by atoms with E-state index in [-0.39, 0.29) is 24.7 Å². The zero-order valence-electron chi connectivity index (χ0n) is 24.8. The van der Waals surface area contributed by atoms with Gasteiger partial charge in [0.15, 0.2) is 0 Å². The molecule has 3 heterocycles. The standard InChI is InChI=1S/C30H35Cl2N7O4/c1-30(2,3)43-29(41)38-14-13-37(16-21(38)17-42-5)20-11-9-19(10-12-20)34-28-33-15-22-26(35-28)36(4)18-39(27(22)40)25-23(31)7-6-8-24(25)32/h6-12,15,21H,13-14,16-18H2,1-5H3,(H,33,34,35). The maximum absolute atomic E-state index is 13.3. The first-order valence-corrected chi connectivity index (χ1v) is 14.7. The highest BCUT2D eigenvalue weighted by atomic mass is 35.5. The molecule has 1 saturated heterocycles. The molecule has 2 aromatic carbocycles. The molecule has 228 valence electrons. The molecule has 1 atom stereocenters. The Kier molecular flexibility index (Phi) is 8.86. The van der Waals surface area contributed by atoms with Crippen LogP contribution in [0.25, 0.3) is 0 Å². The fourth-order valence-corrected chi connectivity index (χ4v) is 5.75. The van der Waals surface area contributed by atoms with Gasteiger partial charge in [0.05, 0.1) is 35.1 Å². The molecule has 1 aromatic heterocycles. The molecule has 0 aliphatic carbocycles. The number of para-hydroxylation sites is 1. The lowest BCUT2D eigenvalue weighted by atomic mass is 10.1. The van der Waals surface area contributed by atoms with Crippen molar-refractivity contribution in [2.24, 2.45) is 0 Å². The van der Waals surface area contributed by atoms with Crippen molar-refractivity contribution >= 4 is 64.0 Å². The number of anilines is 5. The van der Waals surface area contributed by atoms with Gasteiger partial charge in [-0.1, -0.05) is 29.3 Å². The van der Waals surface area contributed by atoms with E-state index in [0.29, 0.717) is 59.3 Å². The second kappa shape index (κ2) is 12.4. The Labute approximate surface area is 261 Å². The summed E-state index contributed by atoms with van der Waals surface area (Å²) in [6.07, 6.45) is 1.18. The van der Waals surface area contributed by atoms with Gasteiger partial charge in [-0.3, -0.25) is 14.6 Å². The van der Waals surface area contributed by atoms with E-state index >= 15 is 0 Å². The van der Waals surface area contributed by atoms with E-state index in [9.17, 15) is 9.59 Å². The van der Waals surface area contributed by atoms with E-state index in [0.717, 1.165) is 11.4 Å². The van der Waals surface area contributed by atoms with Crippen molar-refractivity contribution in [2.75, 3.05) is 67.1 Å². The number of benzene rings is 2. The minimum Gasteiger partial charge on any atom is -0.444 e. The van der Waals surface area contributed by atoms with Crippen LogP contribution in [0, 0.1) is 0 Å². The van der Waals surface area contributed by atoms with Crippen LogP contribution in [0.15, 0.2) is 48.7 Å². The number of nitrogens with one attached hydrogen (secondary N) is 1. The van der Waals surface area contributed by atoms with Crippen LogP contribution in [0.4, 0.5) is 33.6 Å². The number of aromatic nitrogens is 2. The number of ether oxygens (including phenoxy) is 2. The largest absolute Gasteiger partial charge is 0.444 e. The van der Waals surface area contributed by atoms with Gasteiger partial charge in [-0.25, -0.2) is 9.78 Å². The lowest BCUT2D eigenvalue weighted by Crippen LogP contribution is -2.57. The second-order valence-electron chi connectivity index (χ2n) is 11.5. The molecule has 1 unspecified atom stereocenters. The topological polar surface area (TPSA) is 103 Å². The van der Waals surface area contributed by atoms with Crippen LogP contribution in [0.5, 0.6) is 0 Å². The Balaban J connectivity index is 1.27. The summed E-state index contributed by atoms with van der Waals surface area (Å²) in [5, 5.41) is 4.01. The zero-order chi connectivity index (χ0) is 30.9. The molecule has 1 N–H and O–H groups in total. The number of halogens is 2. The van der Waals surface area contributed by atoms with E-state index in [2.05, 4.69) is 20.2 Å². The van der Waals surface area contributed by atoms with Gasteiger partial charge < -0.3 is 24.6 Å². The van der Waals surface area contributed by atoms with Gasteiger partial charge in [0.25, 0.3) is 5.91 Å². The fraction of sp³-hybridized carbons (Fsp3) is 0.400. The first-order valence-electron chi connectivity index (χ1n) is 13.9. The third-order valence-corrected chi connectivity index (χ3v) is 7.74. The molecule has 2 aliphatic heterocycles. The third-order valence-electron chi connectivity index (χ3n) is 7.13. The number of carbonyl (C=O) groups excluding carboxylic acids is 2. The van der Waals surface area contributed by atoms with Gasteiger partial charge in [0.2, 0.25) is 5.95 Å². The molecule has 2 aliphatic rings. The number of piperazine rings is 1. The predicted molar refractivity (Wildman–Crippen MR) is 169 cm³/mol. The minimum absolute atomic E-state index is 0.139. The summed E-state index contributed by atoms with van der Waals surface area (Å²) in [7, 11) is 3.47. The predicted octanol–water partition coefficient (Wildman–Crippen LogP) is 5.65. The average molecular weight is 629 g/mol. The maximum atomic E-state index is 13.3. The van der Waals surface area contributed by atoms with Gasteiger partial charge in [0, 0.05) is 51.4 Å². The maximum Gasteiger partial charge on any atom is 0.410 e. The van der Waals surface area contributed by atoms with E-state index in [1.807, 2.05) is 57.0 Å². The third kappa shape index (κ3) is 6.74. The summed E-state index contributed by atoms with van der Waals surface area (Å²) in [5.74, 6) is 0.588. The molecule has 43 heavy (non-hydrogen) atoms. The molecule has 2 amide bonds. The second-order valence-corrected chi connectivity index (χ2v) is 12.3. The smallest absolute Gasteiger partial charge is 0.410 e. The van der Waals surface area contributed by atoms with Gasteiger partial charge in [-0.05, 0) is 57.2 Å². The summed E-state index contributed by atoms with van der Waals surface area (Å²) >= 11 is 12.7. The number of hydrogen-bond acceptors (Lipinski definition) is 9. The van der Waals surface area contributed by atoms with Crippen molar-refractivity contribution in [1.82, 2.24) is 14.9 Å². The molecule has 0 saturated carbocycles. The van der Waals surface area contributed by atoms with E-state index in [4.69, 9.17) is 32.7 Å². The number of amides is 2. The Hall–Kier alpha value is -3.80. The molecule has 1 fully saturated rings. The first kappa shape index (κ1) is 30.7. The quantitative estimate of drug-likeness (QED) is 0.371. The Morgan fingerprint density at radius 1 is 1.09 bits per heavy atom. The zero-order valence-corrected chi connectivity index (χ0v) is 26.3. The van der Waals surface area contributed by atoms with Gasteiger partial charge >= 0.3 is 6.09 Å². The normalized spacial score (nSPS) is 17.2. The Bertz CT molecular complexity index is 1480. The number of hydrogen-bond donors (Lipinski definition) is 1. The van der Waals surface area contributed by atoms with Crippen LogP contribution in [0.1, 0.15) is 31.1 Å². The number of fused-ring (bicyclic) bond motifs is 1. The fourth-order valence-electron chi connectivity index (χ4n) is 5.15. The van der Waals surface area contributed by atoms with E-state index in [1.54, 1.807) is 30.2 Å². The SMILES string of the molecule is COCC1CN(c2ccc(Nc3ncc4c(n3)N(C)CN(c3c(Cl)cccc3Cl)C4=O)cc2)CCN1C(=O)OC(C)(C)C. The lowest BCUT2D eigenvalue weighted by Gasteiger charge is -2.42. The summed E-state index contributed by atoms with van der Waals surface area (Å²) in [6, 6.07) is 12.9. The number of nitrogens with zero attached hydrogens (tertiary/aromatic N) is 6. The van der Waals surface area contributed by atoms with E-state index in [1.165, 1.54) is 11.1 Å². The van der Waals surface area contributed by atoms with Crippen molar-refractivity contribution < 1.29 is 19.1 Å². The van der Waals surface area contributed by atoms with Crippen LogP contribution in [0.3, 0.4) is 0 Å². The Morgan fingerprint density at radius 2 is 1.79 bits per heavy atom. The van der Waals surface area contributed by atoms with Crippen molar-refractivity contribution in [1.29, 1.82) is 0 Å².